The van der Waals surface area contributed by atoms with E-state index in [4.69, 9.17) is 8.96 Å². The first-order valence-corrected chi connectivity index (χ1v) is 5.86. The van der Waals surface area contributed by atoms with Crippen LogP contribution in [-0.4, -0.2) is 19.8 Å². The van der Waals surface area contributed by atoms with Gasteiger partial charge >= 0.3 is 45.9 Å². The molecule has 0 nitrogen and oxygen atoms in total. The van der Waals surface area contributed by atoms with Crippen molar-refractivity contribution < 1.29 is 0 Å². The fraction of sp³-hybridized carbons (Fsp3) is 0.333. The summed E-state index contributed by atoms with van der Waals surface area (Å²) >= 11 is -0.172. The van der Waals surface area contributed by atoms with Crippen LogP contribution in [0.1, 0.15) is 0 Å². The fourth-order valence-corrected chi connectivity index (χ4v) is 0.896. The molecule has 0 fully saturated rings. The third-order valence-electron chi connectivity index (χ3n) is 0.181. The Morgan fingerprint density at radius 3 is 2.60 bits per heavy atom. The van der Waals surface area contributed by atoms with E-state index in [1.54, 1.807) is 0 Å². The summed E-state index contributed by atoms with van der Waals surface area (Å²) in [5.74, 6) is 0. The topological polar surface area (TPSA) is 0 Å². The van der Waals surface area contributed by atoms with Gasteiger partial charge < -0.3 is 0 Å². The summed E-state index contributed by atoms with van der Waals surface area (Å²) in [5.41, 5.74) is 0. The van der Waals surface area contributed by atoms with Gasteiger partial charge in [0.25, 0.3) is 0 Å². The van der Waals surface area contributed by atoms with Crippen molar-refractivity contribution in [1.29, 1.82) is 0 Å². The SMILES string of the molecule is C=CC[Te]Cl. The molecule has 30 valence electrons. The van der Waals surface area contributed by atoms with Crippen molar-refractivity contribution in [2.75, 3.05) is 0 Å². The first-order valence-electron chi connectivity index (χ1n) is 1.26. The fourth-order valence-electron chi connectivity index (χ4n) is 0.0445. The van der Waals surface area contributed by atoms with Crippen LogP contribution in [0.25, 0.3) is 0 Å². The van der Waals surface area contributed by atoms with Gasteiger partial charge in [-0.2, -0.15) is 0 Å². The van der Waals surface area contributed by atoms with E-state index in [9.17, 15) is 0 Å². The van der Waals surface area contributed by atoms with Crippen LogP contribution < -0.4 is 0 Å². The van der Waals surface area contributed by atoms with Crippen molar-refractivity contribution in [2.45, 2.75) is 4.47 Å². The first-order chi connectivity index (χ1) is 2.41. The third kappa shape index (κ3) is 4.82. The molecule has 0 unspecified atom stereocenters. The molecule has 0 aromatic carbocycles. The Morgan fingerprint density at radius 2 is 2.60 bits per heavy atom. The van der Waals surface area contributed by atoms with E-state index in [1.165, 1.54) is 0 Å². The molecule has 5 heavy (non-hydrogen) atoms. The van der Waals surface area contributed by atoms with Crippen molar-refractivity contribution >= 4 is 28.8 Å². The van der Waals surface area contributed by atoms with Crippen molar-refractivity contribution in [3.05, 3.63) is 12.7 Å². The molecule has 0 bridgehead atoms. The molecule has 0 rings (SSSR count). The number of hydrogen-bond acceptors (Lipinski definition) is 0. The van der Waals surface area contributed by atoms with E-state index in [0.717, 1.165) is 4.47 Å². The van der Waals surface area contributed by atoms with Crippen LogP contribution >= 0.6 is 8.96 Å². The number of hydrogen-bond donors (Lipinski definition) is 0. The van der Waals surface area contributed by atoms with Gasteiger partial charge in [-0.1, -0.05) is 0 Å². The van der Waals surface area contributed by atoms with Gasteiger partial charge in [0.05, 0.1) is 0 Å². The van der Waals surface area contributed by atoms with Crippen LogP contribution in [0.3, 0.4) is 0 Å². The summed E-state index contributed by atoms with van der Waals surface area (Å²) in [6.07, 6.45) is 1.86. The van der Waals surface area contributed by atoms with Gasteiger partial charge in [0.2, 0.25) is 0 Å². The number of allylic oxidation sites excluding steroid dienone is 1. The summed E-state index contributed by atoms with van der Waals surface area (Å²) < 4.78 is 1.05. The molecular formula is C3H5ClTe. The molecule has 0 N–H and O–H groups in total. The molecular weight excluding hydrogens is 199 g/mol. The Balaban J connectivity index is 2.40. The average Bonchev–Trinajstić information content (AvgIpc) is 1.41. The molecule has 0 aromatic heterocycles. The summed E-state index contributed by atoms with van der Waals surface area (Å²) in [4.78, 5) is 0. The van der Waals surface area contributed by atoms with E-state index < -0.39 is 0 Å². The number of rotatable bonds is 2. The minimum absolute atomic E-state index is 0.172. The third-order valence-corrected chi connectivity index (χ3v) is 2.06. The molecule has 0 atom stereocenters. The van der Waals surface area contributed by atoms with E-state index in [0.29, 0.717) is 0 Å². The van der Waals surface area contributed by atoms with E-state index in [-0.39, 0.29) is 19.8 Å². The molecule has 0 saturated heterocycles. The summed E-state index contributed by atoms with van der Waals surface area (Å²) in [6, 6.07) is 0. The summed E-state index contributed by atoms with van der Waals surface area (Å²) in [5, 5.41) is 0. The Kier molecular flexibility index (Phi) is 5.61. The molecule has 2 heteroatoms. The predicted octanol–water partition coefficient (Wildman–Crippen LogP) is 1.45. The molecule has 0 aliphatic carbocycles. The van der Waals surface area contributed by atoms with E-state index in [2.05, 4.69) is 6.58 Å². The first kappa shape index (κ1) is 5.82. The Hall–Kier alpha value is 0.820. The summed E-state index contributed by atoms with van der Waals surface area (Å²) in [7, 11) is 5.36. The zero-order chi connectivity index (χ0) is 4.12. The minimum atomic E-state index is -0.172. The van der Waals surface area contributed by atoms with Crippen LogP contribution in [0.4, 0.5) is 0 Å². The molecule has 0 spiro atoms. The van der Waals surface area contributed by atoms with Gasteiger partial charge in [-0.25, -0.2) is 0 Å². The molecule has 0 aromatic rings. The van der Waals surface area contributed by atoms with Crippen LogP contribution in [0.2, 0.25) is 4.47 Å². The van der Waals surface area contributed by atoms with Crippen LogP contribution in [0, 0.1) is 0 Å². The number of halogens is 1. The monoisotopic (exact) mass is 206 g/mol. The summed E-state index contributed by atoms with van der Waals surface area (Å²) in [6.45, 7) is 3.50. The molecule has 0 aliphatic heterocycles. The van der Waals surface area contributed by atoms with Gasteiger partial charge in [-0.3, -0.25) is 0 Å². The van der Waals surface area contributed by atoms with E-state index >= 15 is 0 Å². The van der Waals surface area contributed by atoms with Crippen LogP contribution in [0.5, 0.6) is 0 Å². The Bertz CT molecular complexity index is 28.1. The van der Waals surface area contributed by atoms with E-state index in [1.807, 2.05) is 6.08 Å². The second-order valence-corrected chi connectivity index (χ2v) is 3.60. The molecule has 0 saturated carbocycles. The maximum atomic E-state index is 5.36. The van der Waals surface area contributed by atoms with Gasteiger partial charge in [-0.15, -0.1) is 0 Å². The molecule has 0 amide bonds. The van der Waals surface area contributed by atoms with Crippen LogP contribution in [-0.2, 0) is 0 Å². The van der Waals surface area contributed by atoms with Crippen LogP contribution in [0.15, 0.2) is 12.7 Å². The second-order valence-electron chi connectivity index (χ2n) is 0.564. The Morgan fingerprint density at radius 1 is 2.00 bits per heavy atom. The Labute approximate surface area is 46.0 Å². The molecule has 0 radical (unpaired) electrons. The normalized spacial score (nSPS) is 7.40. The predicted molar refractivity (Wildman–Crippen MR) is 26.6 cm³/mol. The van der Waals surface area contributed by atoms with Crippen molar-refractivity contribution in [1.82, 2.24) is 0 Å². The maximum absolute atomic E-state index is 5.36. The second kappa shape index (κ2) is 4.82. The van der Waals surface area contributed by atoms with Gasteiger partial charge in [0.15, 0.2) is 0 Å². The van der Waals surface area contributed by atoms with Gasteiger partial charge in [0.1, 0.15) is 0 Å². The quantitative estimate of drug-likeness (QED) is 0.471. The zero-order valence-electron chi connectivity index (χ0n) is 2.78. The standard InChI is InChI=1S/C3H5ClTe/c1-2-3-5-4/h2H,1,3H2. The van der Waals surface area contributed by atoms with Gasteiger partial charge in [-0.05, 0) is 0 Å². The molecule has 0 heterocycles. The van der Waals surface area contributed by atoms with Gasteiger partial charge in [0, 0.05) is 0 Å². The van der Waals surface area contributed by atoms with Crippen molar-refractivity contribution in [2.24, 2.45) is 0 Å². The van der Waals surface area contributed by atoms with Crippen molar-refractivity contribution in [3.8, 4) is 0 Å². The van der Waals surface area contributed by atoms with Crippen molar-refractivity contribution in [3.63, 3.8) is 0 Å². The molecule has 0 aliphatic rings. The average molecular weight is 204 g/mol. The zero-order valence-corrected chi connectivity index (χ0v) is 5.86.